The second-order valence-electron chi connectivity index (χ2n) is 4.53. The van der Waals surface area contributed by atoms with E-state index in [1.54, 1.807) is 0 Å². The minimum absolute atomic E-state index is 0.0225. The molecule has 1 saturated heterocycles. The predicted molar refractivity (Wildman–Crippen MR) is 61.6 cm³/mol. The van der Waals surface area contributed by atoms with Crippen molar-refractivity contribution >= 4 is 11.8 Å². The van der Waals surface area contributed by atoms with Gasteiger partial charge in [-0.1, -0.05) is 13.8 Å². The molecule has 0 aromatic carbocycles. The van der Waals surface area contributed by atoms with Gasteiger partial charge in [-0.15, -0.1) is 0 Å². The van der Waals surface area contributed by atoms with Crippen molar-refractivity contribution in [2.24, 2.45) is 11.7 Å². The Morgan fingerprint density at radius 2 is 1.88 bits per heavy atom. The maximum atomic E-state index is 12.1. The number of rotatable bonds is 4. The van der Waals surface area contributed by atoms with Gasteiger partial charge in [0.25, 0.3) is 0 Å². The van der Waals surface area contributed by atoms with Crippen molar-refractivity contribution in [3.8, 4) is 0 Å². The zero-order valence-electron chi connectivity index (χ0n) is 10.0. The van der Waals surface area contributed by atoms with Gasteiger partial charge in [-0.3, -0.25) is 9.59 Å². The van der Waals surface area contributed by atoms with E-state index in [0.717, 1.165) is 25.9 Å². The Bertz CT molecular complexity index is 260. The average Bonchev–Trinajstić information content (AvgIpc) is 2.77. The smallest absolute Gasteiger partial charge is 0.245 e. The third-order valence-corrected chi connectivity index (χ3v) is 2.85. The second-order valence-corrected chi connectivity index (χ2v) is 4.53. The van der Waals surface area contributed by atoms with Crippen LogP contribution in [-0.4, -0.2) is 42.4 Å². The largest absolute Gasteiger partial charge is 0.343 e. The molecule has 1 aliphatic heterocycles. The summed E-state index contributed by atoms with van der Waals surface area (Å²) in [5, 5.41) is 2.69. The summed E-state index contributed by atoms with van der Waals surface area (Å²) in [5.74, 6) is -0.163. The Morgan fingerprint density at radius 1 is 1.31 bits per heavy atom. The first-order valence-electron chi connectivity index (χ1n) is 5.84. The summed E-state index contributed by atoms with van der Waals surface area (Å²) in [4.78, 5) is 25.2. The first-order chi connectivity index (χ1) is 7.56. The van der Waals surface area contributed by atoms with E-state index >= 15 is 0 Å². The Hall–Kier alpha value is -1.10. The lowest BCUT2D eigenvalue weighted by Gasteiger charge is -2.26. The number of hydrogen-bond donors (Lipinski definition) is 2. The highest BCUT2D eigenvalue weighted by Gasteiger charge is 2.29. The van der Waals surface area contributed by atoms with Gasteiger partial charge in [0.15, 0.2) is 0 Å². The fourth-order valence-corrected chi connectivity index (χ4v) is 1.88. The minimum atomic E-state index is -0.436. The molecule has 1 rings (SSSR count). The van der Waals surface area contributed by atoms with Crippen molar-refractivity contribution in [2.45, 2.75) is 32.7 Å². The van der Waals surface area contributed by atoms with Crippen molar-refractivity contribution in [1.29, 1.82) is 0 Å². The molecular formula is C11H21N3O2. The van der Waals surface area contributed by atoms with Crippen LogP contribution in [-0.2, 0) is 9.59 Å². The summed E-state index contributed by atoms with van der Waals surface area (Å²) in [6.45, 7) is 5.39. The van der Waals surface area contributed by atoms with Crippen LogP contribution < -0.4 is 11.1 Å². The van der Waals surface area contributed by atoms with Gasteiger partial charge in [0.2, 0.25) is 11.8 Å². The molecule has 92 valence electrons. The topological polar surface area (TPSA) is 75.4 Å². The fourth-order valence-electron chi connectivity index (χ4n) is 1.88. The van der Waals surface area contributed by atoms with Crippen molar-refractivity contribution in [3.05, 3.63) is 0 Å². The summed E-state index contributed by atoms with van der Waals surface area (Å²) < 4.78 is 0. The molecule has 0 aromatic heterocycles. The number of nitrogens with zero attached hydrogens (tertiary/aromatic N) is 1. The molecule has 3 N–H and O–H groups in total. The van der Waals surface area contributed by atoms with E-state index in [9.17, 15) is 9.59 Å². The monoisotopic (exact) mass is 227 g/mol. The Kier molecular flexibility index (Phi) is 4.73. The quantitative estimate of drug-likeness (QED) is 0.693. The van der Waals surface area contributed by atoms with Gasteiger partial charge in [0.1, 0.15) is 6.04 Å². The number of nitrogens with two attached hydrogens (primary N) is 1. The highest BCUT2D eigenvalue weighted by Crippen LogP contribution is 2.12. The van der Waals surface area contributed by atoms with Crippen molar-refractivity contribution < 1.29 is 9.59 Å². The van der Waals surface area contributed by atoms with Gasteiger partial charge >= 0.3 is 0 Å². The molecular weight excluding hydrogens is 206 g/mol. The van der Waals surface area contributed by atoms with Crippen molar-refractivity contribution in [3.63, 3.8) is 0 Å². The Labute approximate surface area is 96.4 Å². The summed E-state index contributed by atoms with van der Waals surface area (Å²) >= 11 is 0. The third kappa shape index (κ3) is 3.20. The first kappa shape index (κ1) is 13.0. The number of amides is 2. The SMILES string of the molecule is CC(C)[C@H](NC(=O)CN)C(=O)N1CCCC1. The molecule has 0 radical (unpaired) electrons. The van der Waals surface area contributed by atoms with E-state index in [1.165, 1.54) is 0 Å². The average molecular weight is 227 g/mol. The molecule has 1 aliphatic rings. The van der Waals surface area contributed by atoms with Crippen LogP contribution in [0.3, 0.4) is 0 Å². The number of hydrogen-bond acceptors (Lipinski definition) is 3. The van der Waals surface area contributed by atoms with E-state index in [2.05, 4.69) is 5.32 Å². The normalized spacial score (nSPS) is 17.6. The summed E-state index contributed by atoms with van der Waals surface area (Å²) in [7, 11) is 0. The summed E-state index contributed by atoms with van der Waals surface area (Å²) in [5.41, 5.74) is 5.24. The molecule has 5 heteroatoms. The van der Waals surface area contributed by atoms with Gasteiger partial charge < -0.3 is 16.0 Å². The minimum Gasteiger partial charge on any atom is -0.343 e. The zero-order valence-corrected chi connectivity index (χ0v) is 10.0. The third-order valence-electron chi connectivity index (χ3n) is 2.85. The van der Waals surface area contributed by atoms with Gasteiger partial charge in [0, 0.05) is 13.1 Å². The molecule has 0 bridgehead atoms. The van der Waals surface area contributed by atoms with Gasteiger partial charge in [-0.25, -0.2) is 0 Å². The molecule has 0 aromatic rings. The Balaban J connectivity index is 2.61. The number of carbonyl (C=O) groups is 2. The molecule has 0 aliphatic carbocycles. The number of nitrogens with one attached hydrogen (secondary N) is 1. The lowest BCUT2D eigenvalue weighted by Crippen LogP contribution is -2.51. The van der Waals surface area contributed by atoms with Crippen molar-refractivity contribution in [2.75, 3.05) is 19.6 Å². The molecule has 1 heterocycles. The van der Waals surface area contributed by atoms with Crippen LogP contribution in [0.1, 0.15) is 26.7 Å². The molecule has 1 fully saturated rings. The Morgan fingerprint density at radius 3 is 2.31 bits per heavy atom. The predicted octanol–water partition coefficient (Wildman–Crippen LogP) is -0.292. The van der Waals surface area contributed by atoms with E-state index in [4.69, 9.17) is 5.73 Å². The molecule has 0 saturated carbocycles. The van der Waals surface area contributed by atoms with Crippen LogP contribution in [0.15, 0.2) is 0 Å². The standard InChI is InChI=1S/C11H21N3O2/c1-8(2)10(13-9(15)7-12)11(16)14-5-3-4-6-14/h8,10H,3-7,12H2,1-2H3,(H,13,15)/t10-/m0/s1. The highest BCUT2D eigenvalue weighted by atomic mass is 16.2. The van der Waals surface area contributed by atoms with E-state index in [0.29, 0.717) is 0 Å². The van der Waals surface area contributed by atoms with Crippen LogP contribution in [0.5, 0.6) is 0 Å². The van der Waals surface area contributed by atoms with Crippen molar-refractivity contribution in [1.82, 2.24) is 10.2 Å². The van der Waals surface area contributed by atoms with Crippen LogP contribution in [0.25, 0.3) is 0 Å². The van der Waals surface area contributed by atoms with Crippen LogP contribution >= 0.6 is 0 Å². The number of carbonyl (C=O) groups excluding carboxylic acids is 2. The first-order valence-corrected chi connectivity index (χ1v) is 5.84. The fraction of sp³-hybridized carbons (Fsp3) is 0.818. The molecule has 5 nitrogen and oxygen atoms in total. The molecule has 0 spiro atoms. The lowest BCUT2D eigenvalue weighted by atomic mass is 10.0. The van der Waals surface area contributed by atoms with Gasteiger partial charge in [-0.2, -0.15) is 0 Å². The second kappa shape index (κ2) is 5.84. The highest BCUT2D eigenvalue weighted by molar-refractivity contribution is 5.88. The van der Waals surface area contributed by atoms with Gasteiger partial charge in [-0.05, 0) is 18.8 Å². The van der Waals surface area contributed by atoms with Crippen LogP contribution in [0.2, 0.25) is 0 Å². The maximum Gasteiger partial charge on any atom is 0.245 e. The van der Waals surface area contributed by atoms with Gasteiger partial charge in [0.05, 0.1) is 6.54 Å². The number of likely N-dealkylation sites (tertiary alicyclic amines) is 1. The van der Waals surface area contributed by atoms with E-state index in [-0.39, 0.29) is 24.3 Å². The molecule has 16 heavy (non-hydrogen) atoms. The molecule has 2 amide bonds. The summed E-state index contributed by atoms with van der Waals surface area (Å²) in [6.07, 6.45) is 2.11. The molecule has 1 atom stereocenters. The van der Waals surface area contributed by atoms with Crippen LogP contribution in [0.4, 0.5) is 0 Å². The molecule has 0 unspecified atom stereocenters. The maximum absolute atomic E-state index is 12.1. The lowest BCUT2D eigenvalue weighted by molar-refractivity contribution is -0.136. The summed E-state index contributed by atoms with van der Waals surface area (Å²) in [6, 6.07) is -0.436. The van der Waals surface area contributed by atoms with Crippen LogP contribution in [0, 0.1) is 5.92 Å². The zero-order chi connectivity index (χ0) is 12.1. The van der Waals surface area contributed by atoms with E-state index < -0.39 is 6.04 Å². The van der Waals surface area contributed by atoms with E-state index in [1.807, 2.05) is 18.7 Å².